The van der Waals surface area contributed by atoms with Crippen LogP contribution in [0.25, 0.3) is 10.9 Å². The second-order valence-electron chi connectivity index (χ2n) is 4.89. The molecule has 5 nitrogen and oxygen atoms in total. The first-order valence-electron chi connectivity index (χ1n) is 6.56. The second-order valence-corrected chi connectivity index (χ2v) is 4.89. The van der Waals surface area contributed by atoms with Crippen LogP contribution in [0, 0.1) is 0 Å². The van der Waals surface area contributed by atoms with Gasteiger partial charge in [0.15, 0.2) is 0 Å². The summed E-state index contributed by atoms with van der Waals surface area (Å²) >= 11 is 0. The summed E-state index contributed by atoms with van der Waals surface area (Å²) in [5.41, 5.74) is 1.03. The molecule has 0 bridgehead atoms. The molecule has 1 unspecified atom stereocenters. The van der Waals surface area contributed by atoms with E-state index in [0.29, 0.717) is 0 Å². The Balaban J connectivity index is 2.00. The molecule has 0 fully saturated rings. The monoisotopic (exact) mass is 276 g/mol. The molecular formula is C15H20N2O3. The number of carbonyl (C=O) groups is 1. The van der Waals surface area contributed by atoms with Crippen molar-refractivity contribution in [2.75, 3.05) is 27.3 Å². The number of ether oxygens (including phenoxy) is 1. The summed E-state index contributed by atoms with van der Waals surface area (Å²) < 4.78 is 6.77. The van der Waals surface area contributed by atoms with Crippen LogP contribution in [0.15, 0.2) is 36.5 Å². The van der Waals surface area contributed by atoms with Crippen molar-refractivity contribution in [3.63, 3.8) is 0 Å². The minimum atomic E-state index is -0.657. The maximum absolute atomic E-state index is 12.1. The Morgan fingerprint density at radius 2 is 2.15 bits per heavy atom. The maximum atomic E-state index is 12.1. The molecule has 1 amide bonds. The van der Waals surface area contributed by atoms with Crippen LogP contribution in [0.3, 0.4) is 0 Å². The molecule has 108 valence electrons. The van der Waals surface area contributed by atoms with Crippen LogP contribution in [0.5, 0.6) is 0 Å². The number of likely N-dealkylation sites (N-methyl/N-ethyl adjacent to an activating group) is 1. The van der Waals surface area contributed by atoms with Gasteiger partial charge in [0.25, 0.3) is 0 Å². The Morgan fingerprint density at radius 3 is 2.90 bits per heavy atom. The number of aromatic nitrogens is 1. The van der Waals surface area contributed by atoms with E-state index in [9.17, 15) is 9.90 Å². The highest BCUT2D eigenvalue weighted by molar-refractivity contribution is 5.83. The van der Waals surface area contributed by atoms with Crippen molar-refractivity contribution in [3.05, 3.63) is 36.5 Å². The molecule has 0 spiro atoms. The summed E-state index contributed by atoms with van der Waals surface area (Å²) in [7, 11) is 3.21. The number of methoxy groups -OCH3 is 1. The fourth-order valence-electron chi connectivity index (χ4n) is 2.21. The lowest BCUT2D eigenvalue weighted by atomic mass is 10.2. The summed E-state index contributed by atoms with van der Waals surface area (Å²) in [5.74, 6) is -0.0403. The Hall–Kier alpha value is -1.85. The molecule has 0 saturated heterocycles. The van der Waals surface area contributed by atoms with E-state index in [1.807, 2.05) is 41.1 Å². The van der Waals surface area contributed by atoms with Gasteiger partial charge in [0, 0.05) is 32.4 Å². The lowest BCUT2D eigenvalue weighted by Crippen LogP contribution is -2.37. The number of aliphatic hydroxyl groups excluding tert-OH is 1. The molecule has 1 atom stereocenters. The molecule has 20 heavy (non-hydrogen) atoms. The molecular weight excluding hydrogens is 256 g/mol. The minimum Gasteiger partial charge on any atom is -0.389 e. The predicted octanol–water partition coefficient (Wildman–Crippen LogP) is 1.11. The predicted molar refractivity (Wildman–Crippen MR) is 77.5 cm³/mol. The molecule has 2 rings (SSSR count). The topological polar surface area (TPSA) is 54.7 Å². The van der Waals surface area contributed by atoms with E-state index in [4.69, 9.17) is 4.74 Å². The molecule has 0 saturated carbocycles. The molecule has 0 aliphatic carbocycles. The number of aliphatic hydroxyl groups is 1. The zero-order valence-corrected chi connectivity index (χ0v) is 11.8. The number of fused-ring (bicyclic) bond motifs is 1. The highest BCUT2D eigenvalue weighted by Gasteiger charge is 2.14. The zero-order valence-electron chi connectivity index (χ0n) is 11.8. The molecule has 1 heterocycles. The molecule has 1 aromatic heterocycles. The number of rotatable bonds is 6. The third kappa shape index (κ3) is 3.37. The van der Waals surface area contributed by atoms with Crippen LogP contribution >= 0.6 is 0 Å². The van der Waals surface area contributed by atoms with E-state index in [1.165, 1.54) is 12.0 Å². The highest BCUT2D eigenvalue weighted by Crippen LogP contribution is 2.15. The van der Waals surface area contributed by atoms with E-state index in [1.54, 1.807) is 7.05 Å². The lowest BCUT2D eigenvalue weighted by molar-refractivity contribution is -0.132. The Bertz CT molecular complexity index is 579. The zero-order chi connectivity index (χ0) is 14.5. The van der Waals surface area contributed by atoms with Crippen molar-refractivity contribution in [1.82, 2.24) is 9.47 Å². The minimum absolute atomic E-state index is 0.0403. The van der Waals surface area contributed by atoms with E-state index < -0.39 is 6.10 Å². The number of hydrogen-bond acceptors (Lipinski definition) is 3. The number of carbonyl (C=O) groups excluding carboxylic acids is 1. The number of para-hydroxylation sites is 1. The SMILES string of the molecule is COCC(O)CN(C)C(=O)Cn1ccc2ccccc21. The van der Waals surface area contributed by atoms with Gasteiger partial charge in [-0.2, -0.15) is 0 Å². The maximum Gasteiger partial charge on any atom is 0.242 e. The first kappa shape index (κ1) is 14.6. The van der Waals surface area contributed by atoms with Gasteiger partial charge in [0.1, 0.15) is 6.54 Å². The molecule has 1 N–H and O–H groups in total. The number of amides is 1. The summed E-state index contributed by atoms with van der Waals surface area (Å²) in [5, 5.41) is 10.8. The first-order valence-corrected chi connectivity index (χ1v) is 6.56. The van der Waals surface area contributed by atoms with Gasteiger partial charge in [0.2, 0.25) is 5.91 Å². The smallest absolute Gasteiger partial charge is 0.242 e. The van der Waals surface area contributed by atoms with Gasteiger partial charge in [-0.1, -0.05) is 18.2 Å². The summed E-state index contributed by atoms with van der Waals surface area (Å²) in [4.78, 5) is 13.7. The van der Waals surface area contributed by atoms with E-state index in [-0.39, 0.29) is 25.6 Å². The largest absolute Gasteiger partial charge is 0.389 e. The Morgan fingerprint density at radius 1 is 1.40 bits per heavy atom. The fraction of sp³-hybridized carbons (Fsp3) is 0.400. The number of benzene rings is 1. The van der Waals surface area contributed by atoms with Crippen molar-refractivity contribution in [2.24, 2.45) is 0 Å². The van der Waals surface area contributed by atoms with Gasteiger partial charge in [-0.15, -0.1) is 0 Å². The first-order chi connectivity index (χ1) is 9.61. The normalized spacial score (nSPS) is 12.6. The quantitative estimate of drug-likeness (QED) is 0.860. The number of hydrogen-bond donors (Lipinski definition) is 1. The Kier molecular flexibility index (Phi) is 4.76. The van der Waals surface area contributed by atoms with Crippen molar-refractivity contribution in [3.8, 4) is 0 Å². The summed E-state index contributed by atoms with van der Waals surface area (Å²) in [6.45, 7) is 0.764. The van der Waals surface area contributed by atoms with Gasteiger partial charge in [-0.25, -0.2) is 0 Å². The lowest BCUT2D eigenvalue weighted by Gasteiger charge is -2.21. The Labute approximate surface area is 118 Å². The van der Waals surface area contributed by atoms with Crippen LogP contribution in [-0.4, -0.2) is 53.9 Å². The van der Waals surface area contributed by atoms with Gasteiger partial charge < -0.3 is 19.3 Å². The average Bonchev–Trinajstić information content (AvgIpc) is 2.82. The third-order valence-electron chi connectivity index (χ3n) is 3.26. The van der Waals surface area contributed by atoms with Gasteiger partial charge in [0.05, 0.1) is 12.7 Å². The van der Waals surface area contributed by atoms with Crippen LogP contribution in [0.2, 0.25) is 0 Å². The standard InChI is InChI=1S/C15H20N2O3/c1-16(9-13(18)11-20-2)15(19)10-17-8-7-12-5-3-4-6-14(12)17/h3-8,13,18H,9-11H2,1-2H3. The molecule has 0 aliphatic rings. The average molecular weight is 276 g/mol. The summed E-state index contributed by atoms with van der Waals surface area (Å²) in [6.07, 6.45) is 1.25. The molecule has 5 heteroatoms. The van der Waals surface area contributed by atoms with Crippen LogP contribution in [-0.2, 0) is 16.1 Å². The van der Waals surface area contributed by atoms with Crippen LogP contribution in [0.4, 0.5) is 0 Å². The van der Waals surface area contributed by atoms with Gasteiger partial charge in [-0.05, 0) is 17.5 Å². The second kappa shape index (κ2) is 6.54. The van der Waals surface area contributed by atoms with E-state index >= 15 is 0 Å². The van der Waals surface area contributed by atoms with Crippen molar-refractivity contribution >= 4 is 16.8 Å². The molecule has 0 radical (unpaired) electrons. The fourth-order valence-corrected chi connectivity index (χ4v) is 2.21. The van der Waals surface area contributed by atoms with Crippen LogP contribution in [0.1, 0.15) is 0 Å². The highest BCUT2D eigenvalue weighted by atomic mass is 16.5. The van der Waals surface area contributed by atoms with E-state index in [2.05, 4.69) is 0 Å². The van der Waals surface area contributed by atoms with Gasteiger partial charge in [-0.3, -0.25) is 4.79 Å². The summed E-state index contributed by atoms with van der Waals surface area (Å²) in [6, 6.07) is 9.92. The van der Waals surface area contributed by atoms with Crippen molar-refractivity contribution < 1.29 is 14.6 Å². The van der Waals surface area contributed by atoms with Crippen LogP contribution < -0.4 is 0 Å². The molecule has 0 aliphatic heterocycles. The van der Waals surface area contributed by atoms with Gasteiger partial charge >= 0.3 is 0 Å². The van der Waals surface area contributed by atoms with Crippen molar-refractivity contribution in [2.45, 2.75) is 12.6 Å². The number of nitrogens with zero attached hydrogens (tertiary/aromatic N) is 2. The van der Waals surface area contributed by atoms with E-state index in [0.717, 1.165) is 10.9 Å². The van der Waals surface area contributed by atoms with Crippen molar-refractivity contribution in [1.29, 1.82) is 0 Å². The molecule has 1 aromatic carbocycles. The molecule has 2 aromatic rings. The third-order valence-corrected chi connectivity index (χ3v) is 3.26.